The highest BCUT2D eigenvalue weighted by Crippen LogP contribution is 2.20. The molecule has 1 unspecified atom stereocenters. The molecule has 3 rings (SSSR count). The van der Waals surface area contributed by atoms with Gasteiger partial charge in [0.25, 0.3) is 0 Å². The van der Waals surface area contributed by atoms with Gasteiger partial charge in [0.05, 0.1) is 11.0 Å². The molecule has 3 aromatic rings. The summed E-state index contributed by atoms with van der Waals surface area (Å²) in [7, 11) is 0. The van der Waals surface area contributed by atoms with Crippen LogP contribution in [-0.2, 0) is 6.42 Å². The van der Waals surface area contributed by atoms with Crippen LogP contribution in [0.4, 0.5) is 0 Å². The van der Waals surface area contributed by atoms with Crippen LogP contribution in [0.2, 0.25) is 0 Å². The number of hydrogen-bond acceptors (Lipinski definition) is 2. The predicted molar refractivity (Wildman–Crippen MR) is 80.9 cm³/mol. The van der Waals surface area contributed by atoms with Gasteiger partial charge in [-0.25, -0.2) is 4.98 Å². The second-order valence-corrected chi connectivity index (χ2v) is 5.48. The second kappa shape index (κ2) is 5.15. The Bertz CT molecular complexity index is 691. The third kappa shape index (κ3) is 2.69. The zero-order valence-corrected chi connectivity index (χ0v) is 11.9. The molecule has 0 fully saturated rings. The lowest BCUT2D eigenvalue weighted by Crippen LogP contribution is -2.13. The number of nitrogens with one attached hydrogen (secondary N) is 1. The summed E-state index contributed by atoms with van der Waals surface area (Å²) in [5.74, 6) is 0.921. The number of hydrogen-bond donors (Lipinski definition) is 2. The summed E-state index contributed by atoms with van der Waals surface area (Å²) in [6.07, 6.45) is 0.705. The minimum Gasteiger partial charge on any atom is -0.342 e. The molecule has 0 saturated heterocycles. The van der Waals surface area contributed by atoms with E-state index in [4.69, 9.17) is 5.73 Å². The number of aromatic amines is 1. The number of nitrogens with zero attached hydrogens (tertiary/aromatic N) is 1. The van der Waals surface area contributed by atoms with Crippen molar-refractivity contribution in [3.63, 3.8) is 0 Å². The maximum Gasteiger partial charge on any atom is 0.109 e. The molecule has 0 amide bonds. The maximum atomic E-state index is 6.21. The molecule has 3 N–H and O–H groups in total. The standard InChI is InChI=1S/C15H14BrN3/c16-11-6-7-13-14(8-11)19-15(18-13)9-12(17)10-4-2-1-3-5-10/h1-8,12H,9,17H2,(H,18,19). The van der Waals surface area contributed by atoms with Crippen molar-refractivity contribution in [2.75, 3.05) is 0 Å². The third-order valence-corrected chi connectivity index (χ3v) is 3.63. The van der Waals surface area contributed by atoms with E-state index in [0.717, 1.165) is 26.9 Å². The van der Waals surface area contributed by atoms with Gasteiger partial charge >= 0.3 is 0 Å². The smallest absolute Gasteiger partial charge is 0.109 e. The molecular formula is C15H14BrN3. The summed E-state index contributed by atoms with van der Waals surface area (Å²) in [6, 6.07) is 16.1. The first-order valence-electron chi connectivity index (χ1n) is 6.17. The van der Waals surface area contributed by atoms with E-state index in [2.05, 4.69) is 25.9 Å². The topological polar surface area (TPSA) is 54.7 Å². The molecular weight excluding hydrogens is 302 g/mol. The van der Waals surface area contributed by atoms with Crippen molar-refractivity contribution in [2.45, 2.75) is 12.5 Å². The van der Waals surface area contributed by atoms with Gasteiger partial charge < -0.3 is 10.7 Å². The molecule has 19 heavy (non-hydrogen) atoms. The maximum absolute atomic E-state index is 6.21. The molecule has 96 valence electrons. The monoisotopic (exact) mass is 315 g/mol. The van der Waals surface area contributed by atoms with E-state index in [1.54, 1.807) is 0 Å². The summed E-state index contributed by atoms with van der Waals surface area (Å²) in [4.78, 5) is 7.88. The van der Waals surface area contributed by atoms with E-state index in [1.165, 1.54) is 0 Å². The second-order valence-electron chi connectivity index (χ2n) is 4.57. The fourth-order valence-electron chi connectivity index (χ4n) is 2.16. The Hall–Kier alpha value is -1.65. The molecule has 0 aliphatic rings. The van der Waals surface area contributed by atoms with Crippen LogP contribution >= 0.6 is 15.9 Å². The number of H-pyrrole nitrogens is 1. The van der Waals surface area contributed by atoms with Crippen LogP contribution < -0.4 is 5.73 Å². The number of aromatic nitrogens is 2. The Balaban J connectivity index is 1.85. The van der Waals surface area contributed by atoms with Crippen LogP contribution in [0.15, 0.2) is 53.0 Å². The molecule has 1 aromatic heterocycles. The van der Waals surface area contributed by atoms with E-state index in [1.807, 2.05) is 48.5 Å². The van der Waals surface area contributed by atoms with Crippen LogP contribution in [0.25, 0.3) is 11.0 Å². The van der Waals surface area contributed by atoms with Crippen LogP contribution in [-0.4, -0.2) is 9.97 Å². The summed E-state index contributed by atoms with van der Waals surface area (Å²) in [5, 5.41) is 0. The summed E-state index contributed by atoms with van der Waals surface area (Å²) in [6.45, 7) is 0. The Kier molecular flexibility index (Phi) is 3.36. The molecule has 4 heteroatoms. The van der Waals surface area contributed by atoms with Crippen molar-refractivity contribution in [2.24, 2.45) is 5.73 Å². The fourth-order valence-corrected chi connectivity index (χ4v) is 2.52. The van der Waals surface area contributed by atoms with Crippen molar-refractivity contribution >= 4 is 27.0 Å². The number of halogens is 1. The number of nitrogens with two attached hydrogens (primary N) is 1. The van der Waals surface area contributed by atoms with Crippen LogP contribution in [0.1, 0.15) is 17.4 Å². The lowest BCUT2D eigenvalue weighted by molar-refractivity contribution is 0.696. The van der Waals surface area contributed by atoms with Crippen molar-refractivity contribution in [1.82, 2.24) is 9.97 Å². The van der Waals surface area contributed by atoms with Gasteiger partial charge in [0.15, 0.2) is 0 Å². The quantitative estimate of drug-likeness (QED) is 0.776. The highest BCUT2D eigenvalue weighted by molar-refractivity contribution is 9.10. The van der Waals surface area contributed by atoms with E-state index in [-0.39, 0.29) is 6.04 Å². The van der Waals surface area contributed by atoms with Crippen molar-refractivity contribution in [1.29, 1.82) is 0 Å². The zero-order valence-electron chi connectivity index (χ0n) is 10.3. The number of rotatable bonds is 3. The SMILES string of the molecule is NC(Cc1nc2ccc(Br)cc2[nH]1)c1ccccc1. The lowest BCUT2D eigenvalue weighted by Gasteiger charge is -2.09. The molecule has 2 aromatic carbocycles. The van der Waals surface area contributed by atoms with Crippen LogP contribution in [0.3, 0.4) is 0 Å². The first-order chi connectivity index (χ1) is 9.22. The minimum absolute atomic E-state index is 0.0368. The van der Waals surface area contributed by atoms with Crippen LogP contribution in [0.5, 0.6) is 0 Å². The van der Waals surface area contributed by atoms with Crippen molar-refractivity contribution < 1.29 is 0 Å². The molecule has 1 atom stereocenters. The van der Waals surface area contributed by atoms with Crippen molar-refractivity contribution in [3.8, 4) is 0 Å². The molecule has 0 spiro atoms. The Morgan fingerprint density at radius 2 is 1.95 bits per heavy atom. The number of imidazole rings is 1. The van der Waals surface area contributed by atoms with Gasteiger partial charge in [-0.3, -0.25) is 0 Å². The summed E-state index contributed by atoms with van der Waals surface area (Å²) in [5.41, 5.74) is 9.34. The Labute approximate surface area is 120 Å². The molecule has 1 heterocycles. The Morgan fingerprint density at radius 3 is 2.74 bits per heavy atom. The fraction of sp³-hybridized carbons (Fsp3) is 0.133. The van der Waals surface area contributed by atoms with Gasteiger partial charge in [-0.05, 0) is 23.8 Å². The predicted octanol–water partition coefficient (Wildman–Crippen LogP) is 3.57. The average Bonchev–Trinajstić information content (AvgIpc) is 2.81. The molecule has 0 radical (unpaired) electrons. The molecule has 3 nitrogen and oxygen atoms in total. The Morgan fingerprint density at radius 1 is 1.16 bits per heavy atom. The highest BCUT2D eigenvalue weighted by Gasteiger charge is 2.10. The average molecular weight is 316 g/mol. The first-order valence-corrected chi connectivity index (χ1v) is 6.96. The van der Waals surface area contributed by atoms with E-state index in [9.17, 15) is 0 Å². The minimum atomic E-state index is -0.0368. The number of benzene rings is 2. The van der Waals surface area contributed by atoms with Gasteiger partial charge in [0, 0.05) is 16.9 Å². The van der Waals surface area contributed by atoms with Gasteiger partial charge in [-0.1, -0.05) is 46.3 Å². The largest absolute Gasteiger partial charge is 0.342 e. The summed E-state index contributed by atoms with van der Waals surface area (Å²) >= 11 is 3.46. The highest BCUT2D eigenvalue weighted by atomic mass is 79.9. The first kappa shape index (κ1) is 12.4. The van der Waals surface area contributed by atoms with E-state index >= 15 is 0 Å². The van der Waals surface area contributed by atoms with Crippen molar-refractivity contribution in [3.05, 3.63) is 64.4 Å². The van der Waals surface area contributed by atoms with Gasteiger partial charge in [0.2, 0.25) is 0 Å². The molecule has 0 saturated carbocycles. The van der Waals surface area contributed by atoms with E-state index in [0.29, 0.717) is 6.42 Å². The summed E-state index contributed by atoms with van der Waals surface area (Å²) < 4.78 is 1.04. The normalized spacial score (nSPS) is 12.7. The van der Waals surface area contributed by atoms with Crippen LogP contribution in [0, 0.1) is 0 Å². The molecule has 0 bridgehead atoms. The van der Waals surface area contributed by atoms with Gasteiger partial charge in [-0.15, -0.1) is 0 Å². The van der Waals surface area contributed by atoms with Gasteiger partial charge in [-0.2, -0.15) is 0 Å². The zero-order chi connectivity index (χ0) is 13.2. The number of fused-ring (bicyclic) bond motifs is 1. The third-order valence-electron chi connectivity index (χ3n) is 3.13. The molecule has 0 aliphatic heterocycles. The van der Waals surface area contributed by atoms with Gasteiger partial charge in [0.1, 0.15) is 5.82 Å². The van der Waals surface area contributed by atoms with E-state index < -0.39 is 0 Å². The molecule has 0 aliphatic carbocycles. The lowest BCUT2D eigenvalue weighted by atomic mass is 10.0.